The molecule has 0 fully saturated rings. The maximum absolute atomic E-state index is 10.9. The monoisotopic (exact) mass is 302 g/mol. The Labute approximate surface area is 117 Å². The van der Waals surface area contributed by atoms with Crippen molar-refractivity contribution < 1.29 is 4.92 Å². The molecule has 2 rings (SSSR count). The van der Waals surface area contributed by atoms with E-state index in [4.69, 9.17) is 34.8 Å². The lowest BCUT2D eigenvalue weighted by molar-refractivity contribution is -0.384. The lowest BCUT2D eigenvalue weighted by atomic mass is 10.1. The Morgan fingerprint density at radius 3 is 2.44 bits per heavy atom. The molecule has 0 N–H and O–H groups in total. The largest absolute Gasteiger partial charge is 0.296 e. The lowest BCUT2D eigenvalue weighted by Crippen LogP contribution is -1.94. The van der Waals surface area contributed by atoms with Crippen molar-refractivity contribution in [1.82, 2.24) is 4.98 Å². The molecule has 0 spiro atoms. The number of halogens is 3. The molecule has 1 heterocycles. The average molecular weight is 304 g/mol. The first kappa shape index (κ1) is 13.1. The molecule has 2 aromatic rings. The summed E-state index contributed by atoms with van der Waals surface area (Å²) in [5.74, 6) is 0. The highest BCUT2D eigenvalue weighted by molar-refractivity contribution is 6.42. The van der Waals surface area contributed by atoms with Gasteiger partial charge in [-0.15, -0.1) is 0 Å². The topological polar surface area (TPSA) is 56.0 Å². The molecule has 0 saturated heterocycles. The van der Waals surface area contributed by atoms with Crippen LogP contribution < -0.4 is 0 Å². The van der Waals surface area contributed by atoms with E-state index >= 15 is 0 Å². The molecule has 4 nitrogen and oxygen atoms in total. The van der Waals surface area contributed by atoms with Gasteiger partial charge in [-0.1, -0.05) is 40.9 Å². The number of benzene rings is 1. The van der Waals surface area contributed by atoms with E-state index in [1.165, 1.54) is 18.3 Å². The molecule has 1 aromatic heterocycles. The van der Waals surface area contributed by atoms with Crippen molar-refractivity contribution in [1.29, 1.82) is 0 Å². The van der Waals surface area contributed by atoms with Crippen molar-refractivity contribution >= 4 is 40.5 Å². The van der Waals surface area contributed by atoms with E-state index in [0.717, 1.165) is 0 Å². The summed E-state index contributed by atoms with van der Waals surface area (Å²) in [4.78, 5) is 14.4. The molecule has 0 atom stereocenters. The van der Waals surface area contributed by atoms with Gasteiger partial charge in [0.2, 0.25) is 0 Å². The van der Waals surface area contributed by atoms with Crippen molar-refractivity contribution in [3.05, 3.63) is 55.6 Å². The third kappa shape index (κ3) is 2.56. The number of nitrogens with zero attached hydrogens (tertiary/aromatic N) is 2. The Morgan fingerprint density at radius 1 is 1.11 bits per heavy atom. The normalized spacial score (nSPS) is 10.4. The van der Waals surface area contributed by atoms with Gasteiger partial charge in [-0.05, 0) is 12.1 Å². The molecule has 0 bridgehead atoms. The maximum atomic E-state index is 10.9. The Bertz CT molecular complexity index is 632. The minimum Gasteiger partial charge on any atom is -0.258 e. The van der Waals surface area contributed by atoms with Crippen LogP contribution in [0.1, 0.15) is 0 Å². The smallest absolute Gasteiger partial charge is 0.258 e. The zero-order chi connectivity index (χ0) is 13.3. The third-order valence-electron chi connectivity index (χ3n) is 2.22. The van der Waals surface area contributed by atoms with Crippen LogP contribution in [0.15, 0.2) is 30.5 Å². The van der Waals surface area contributed by atoms with Gasteiger partial charge in [-0.3, -0.25) is 10.1 Å². The Morgan fingerprint density at radius 2 is 1.83 bits per heavy atom. The lowest BCUT2D eigenvalue weighted by Gasteiger charge is -2.04. The van der Waals surface area contributed by atoms with Gasteiger partial charge in [0.05, 0.1) is 20.0 Å². The van der Waals surface area contributed by atoms with Crippen LogP contribution in [0, 0.1) is 10.1 Å². The molecule has 7 heteroatoms. The molecule has 0 amide bonds. The minimum absolute atomic E-state index is 0.180. The summed E-state index contributed by atoms with van der Waals surface area (Å²) in [6.07, 6.45) is 1.34. The van der Waals surface area contributed by atoms with Gasteiger partial charge in [0.25, 0.3) is 5.69 Å². The van der Waals surface area contributed by atoms with Crippen LogP contribution in [-0.4, -0.2) is 9.91 Å². The van der Waals surface area contributed by atoms with Crippen molar-refractivity contribution in [3.63, 3.8) is 0 Å². The standard InChI is InChI=1S/C11H5Cl3N2O2/c12-7-4-10(16(17)18)11(15-5-7)6-1-2-8(13)9(14)3-6/h1-5H. The average Bonchev–Trinajstić information content (AvgIpc) is 2.32. The highest BCUT2D eigenvalue weighted by Gasteiger charge is 2.18. The van der Waals surface area contributed by atoms with E-state index in [9.17, 15) is 10.1 Å². The van der Waals surface area contributed by atoms with E-state index in [1.807, 2.05) is 0 Å². The highest BCUT2D eigenvalue weighted by Crippen LogP contribution is 2.33. The van der Waals surface area contributed by atoms with Crippen LogP contribution in [0.4, 0.5) is 5.69 Å². The van der Waals surface area contributed by atoms with Gasteiger partial charge < -0.3 is 0 Å². The van der Waals surface area contributed by atoms with Gasteiger partial charge in [-0.25, -0.2) is 4.98 Å². The number of hydrogen-bond donors (Lipinski definition) is 0. The molecule has 0 aliphatic rings. The molecule has 0 radical (unpaired) electrons. The first-order valence-corrected chi connectivity index (χ1v) is 5.88. The predicted octanol–water partition coefficient (Wildman–Crippen LogP) is 4.62. The van der Waals surface area contributed by atoms with Gasteiger partial charge in [0.1, 0.15) is 5.69 Å². The molecule has 18 heavy (non-hydrogen) atoms. The number of pyridine rings is 1. The van der Waals surface area contributed by atoms with E-state index in [1.54, 1.807) is 12.1 Å². The number of aromatic nitrogens is 1. The quantitative estimate of drug-likeness (QED) is 0.601. The van der Waals surface area contributed by atoms with E-state index < -0.39 is 4.92 Å². The minimum atomic E-state index is -0.545. The number of hydrogen-bond acceptors (Lipinski definition) is 3. The molecule has 92 valence electrons. The Hall–Kier alpha value is -1.36. The van der Waals surface area contributed by atoms with Crippen LogP contribution in [0.5, 0.6) is 0 Å². The zero-order valence-electron chi connectivity index (χ0n) is 8.73. The molecule has 1 aromatic carbocycles. The summed E-state index contributed by atoms with van der Waals surface area (Å²) in [6, 6.07) is 5.93. The maximum Gasteiger partial charge on any atom is 0.296 e. The Balaban J connectivity index is 2.63. The van der Waals surface area contributed by atoms with Crippen molar-refractivity contribution in [2.45, 2.75) is 0 Å². The summed E-state index contributed by atoms with van der Waals surface area (Å²) >= 11 is 17.4. The van der Waals surface area contributed by atoms with E-state index in [-0.39, 0.29) is 16.4 Å². The molecular formula is C11H5Cl3N2O2. The second kappa shape index (κ2) is 5.10. The number of rotatable bonds is 2. The van der Waals surface area contributed by atoms with Gasteiger partial charge in [-0.2, -0.15) is 0 Å². The van der Waals surface area contributed by atoms with Crippen molar-refractivity contribution in [2.24, 2.45) is 0 Å². The zero-order valence-corrected chi connectivity index (χ0v) is 11.0. The second-order valence-corrected chi connectivity index (χ2v) is 4.66. The van der Waals surface area contributed by atoms with Crippen LogP contribution in [0.3, 0.4) is 0 Å². The summed E-state index contributed by atoms with van der Waals surface area (Å²) < 4.78 is 0. The fourth-order valence-corrected chi connectivity index (χ4v) is 1.88. The third-order valence-corrected chi connectivity index (χ3v) is 3.17. The molecule has 0 unspecified atom stereocenters. The first-order chi connectivity index (χ1) is 8.49. The van der Waals surface area contributed by atoms with E-state index in [0.29, 0.717) is 15.6 Å². The van der Waals surface area contributed by atoms with Crippen LogP contribution in [0.2, 0.25) is 15.1 Å². The fourth-order valence-electron chi connectivity index (χ4n) is 1.43. The van der Waals surface area contributed by atoms with Crippen molar-refractivity contribution in [2.75, 3.05) is 0 Å². The van der Waals surface area contributed by atoms with E-state index in [2.05, 4.69) is 4.98 Å². The molecule has 0 aliphatic heterocycles. The molecule has 0 saturated carbocycles. The number of nitro groups is 1. The Kier molecular flexibility index (Phi) is 3.71. The second-order valence-electron chi connectivity index (χ2n) is 3.41. The SMILES string of the molecule is O=[N+]([O-])c1cc(Cl)cnc1-c1ccc(Cl)c(Cl)c1. The highest BCUT2D eigenvalue weighted by atomic mass is 35.5. The van der Waals surface area contributed by atoms with Gasteiger partial charge in [0.15, 0.2) is 0 Å². The van der Waals surface area contributed by atoms with Crippen LogP contribution in [-0.2, 0) is 0 Å². The van der Waals surface area contributed by atoms with Crippen LogP contribution >= 0.6 is 34.8 Å². The molecule has 0 aliphatic carbocycles. The summed E-state index contributed by atoms with van der Waals surface area (Å²) in [5, 5.41) is 11.8. The van der Waals surface area contributed by atoms with Gasteiger partial charge in [0, 0.05) is 17.8 Å². The first-order valence-electron chi connectivity index (χ1n) is 4.74. The predicted molar refractivity (Wildman–Crippen MR) is 71.4 cm³/mol. The summed E-state index contributed by atoms with van der Waals surface area (Å²) in [6.45, 7) is 0. The fraction of sp³-hybridized carbons (Fsp3) is 0. The van der Waals surface area contributed by atoms with Gasteiger partial charge >= 0.3 is 0 Å². The summed E-state index contributed by atoms with van der Waals surface area (Å²) in [5.41, 5.74) is 0.525. The van der Waals surface area contributed by atoms with Crippen LogP contribution in [0.25, 0.3) is 11.3 Å². The summed E-state index contributed by atoms with van der Waals surface area (Å²) in [7, 11) is 0. The molecular weight excluding hydrogens is 298 g/mol. The van der Waals surface area contributed by atoms with Crippen molar-refractivity contribution in [3.8, 4) is 11.3 Å².